The second-order valence-electron chi connectivity index (χ2n) is 4.48. The molecule has 0 saturated heterocycles. The largest absolute Gasteiger partial charge is 0.396 e. The van der Waals surface area contributed by atoms with E-state index in [0.717, 1.165) is 11.1 Å². The molecule has 0 heterocycles. The molecule has 94 valence electrons. The summed E-state index contributed by atoms with van der Waals surface area (Å²) < 4.78 is 0. The number of hydrogen-bond acceptors (Lipinski definition) is 2. The SMILES string of the molecule is Cc1ccccc1C(=O)N(CCCO)C(C)C. The van der Waals surface area contributed by atoms with Gasteiger partial charge in [0.05, 0.1) is 0 Å². The van der Waals surface area contributed by atoms with Crippen LogP contribution < -0.4 is 0 Å². The van der Waals surface area contributed by atoms with Crippen molar-refractivity contribution in [2.24, 2.45) is 0 Å². The minimum atomic E-state index is 0.0477. The highest BCUT2D eigenvalue weighted by Crippen LogP contribution is 2.13. The number of amides is 1. The molecule has 0 fully saturated rings. The normalized spacial score (nSPS) is 10.6. The average Bonchev–Trinajstić information content (AvgIpc) is 2.29. The molecule has 0 radical (unpaired) electrons. The topological polar surface area (TPSA) is 40.5 Å². The Bertz CT molecular complexity index is 374. The highest BCUT2D eigenvalue weighted by molar-refractivity contribution is 5.95. The lowest BCUT2D eigenvalue weighted by molar-refractivity contribution is 0.0692. The van der Waals surface area contributed by atoms with Gasteiger partial charge < -0.3 is 10.0 Å². The molecule has 0 unspecified atom stereocenters. The third-order valence-corrected chi connectivity index (χ3v) is 2.82. The lowest BCUT2D eigenvalue weighted by Gasteiger charge is -2.27. The van der Waals surface area contributed by atoms with Crippen molar-refractivity contribution in [3.8, 4) is 0 Å². The Morgan fingerprint density at radius 3 is 2.53 bits per heavy atom. The van der Waals surface area contributed by atoms with E-state index in [9.17, 15) is 4.79 Å². The third kappa shape index (κ3) is 3.56. The number of aryl methyl sites for hydroxylation is 1. The fraction of sp³-hybridized carbons (Fsp3) is 0.500. The smallest absolute Gasteiger partial charge is 0.254 e. The summed E-state index contributed by atoms with van der Waals surface area (Å²) in [5.41, 5.74) is 1.74. The first kappa shape index (κ1) is 13.7. The quantitative estimate of drug-likeness (QED) is 0.850. The van der Waals surface area contributed by atoms with Crippen molar-refractivity contribution in [3.05, 3.63) is 35.4 Å². The molecule has 0 spiro atoms. The van der Waals surface area contributed by atoms with E-state index in [1.807, 2.05) is 45.0 Å². The predicted octanol–water partition coefficient (Wildman–Crippen LogP) is 2.23. The molecule has 1 rings (SSSR count). The van der Waals surface area contributed by atoms with Gasteiger partial charge in [-0.2, -0.15) is 0 Å². The summed E-state index contributed by atoms with van der Waals surface area (Å²) in [6.07, 6.45) is 0.621. The molecular formula is C14H21NO2. The molecule has 17 heavy (non-hydrogen) atoms. The highest BCUT2D eigenvalue weighted by Gasteiger charge is 2.19. The molecule has 0 aromatic heterocycles. The lowest BCUT2D eigenvalue weighted by Crippen LogP contribution is -2.38. The third-order valence-electron chi connectivity index (χ3n) is 2.82. The van der Waals surface area contributed by atoms with Crippen LogP contribution in [0.4, 0.5) is 0 Å². The van der Waals surface area contributed by atoms with Crippen LogP contribution in [0, 0.1) is 6.92 Å². The second-order valence-corrected chi connectivity index (χ2v) is 4.48. The van der Waals surface area contributed by atoms with E-state index >= 15 is 0 Å². The number of benzene rings is 1. The molecule has 0 atom stereocenters. The van der Waals surface area contributed by atoms with Gasteiger partial charge in [-0.25, -0.2) is 0 Å². The number of carbonyl (C=O) groups excluding carboxylic acids is 1. The van der Waals surface area contributed by atoms with Gasteiger partial charge in [0.25, 0.3) is 5.91 Å². The number of hydrogen-bond donors (Lipinski definition) is 1. The molecule has 3 heteroatoms. The van der Waals surface area contributed by atoms with Crippen molar-refractivity contribution in [1.82, 2.24) is 4.90 Å². The van der Waals surface area contributed by atoms with Gasteiger partial charge in [-0.3, -0.25) is 4.79 Å². The maximum absolute atomic E-state index is 12.4. The molecular weight excluding hydrogens is 214 g/mol. The van der Waals surface area contributed by atoms with E-state index in [1.54, 1.807) is 4.90 Å². The van der Waals surface area contributed by atoms with Gasteiger partial charge in [-0.15, -0.1) is 0 Å². The van der Waals surface area contributed by atoms with Crippen molar-refractivity contribution in [3.63, 3.8) is 0 Å². The maximum Gasteiger partial charge on any atom is 0.254 e. The minimum absolute atomic E-state index is 0.0477. The Labute approximate surface area is 103 Å². The van der Waals surface area contributed by atoms with E-state index in [1.165, 1.54) is 0 Å². The van der Waals surface area contributed by atoms with Crippen LogP contribution in [0.5, 0.6) is 0 Å². The van der Waals surface area contributed by atoms with Gasteiger partial charge in [-0.05, 0) is 38.8 Å². The lowest BCUT2D eigenvalue weighted by atomic mass is 10.1. The Balaban J connectivity index is 2.88. The zero-order valence-electron chi connectivity index (χ0n) is 10.8. The number of nitrogens with zero attached hydrogens (tertiary/aromatic N) is 1. The van der Waals surface area contributed by atoms with Gasteiger partial charge in [0.15, 0.2) is 0 Å². The summed E-state index contributed by atoms with van der Waals surface area (Å²) in [6.45, 7) is 6.64. The van der Waals surface area contributed by atoms with Crippen LogP contribution in [0.2, 0.25) is 0 Å². The average molecular weight is 235 g/mol. The maximum atomic E-state index is 12.4. The van der Waals surface area contributed by atoms with Crippen molar-refractivity contribution >= 4 is 5.91 Å². The molecule has 0 aliphatic heterocycles. The molecule has 0 aliphatic rings. The fourth-order valence-electron chi connectivity index (χ4n) is 1.80. The van der Waals surface area contributed by atoms with E-state index in [-0.39, 0.29) is 18.6 Å². The van der Waals surface area contributed by atoms with Gasteiger partial charge in [0, 0.05) is 24.8 Å². The summed E-state index contributed by atoms with van der Waals surface area (Å²) in [5.74, 6) is 0.0477. The summed E-state index contributed by atoms with van der Waals surface area (Å²) in [5, 5.41) is 8.87. The number of rotatable bonds is 5. The molecule has 1 N–H and O–H groups in total. The fourth-order valence-corrected chi connectivity index (χ4v) is 1.80. The van der Waals surface area contributed by atoms with Gasteiger partial charge >= 0.3 is 0 Å². The first-order valence-corrected chi connectivity index (χ1v) is 6.05. The Hall–Kier alpha value is -1.35. The van der Waals surface area contributed by atoms with E-state index in [0.29, 0.717) is 13.0 Å². The predicted molar refractivity (Wildman–Crippen MR) is 69.1 cm³/mol. The Morgan fingerprint density at radius 1 is 1.35 bits per heavy atom. The number of aliphatic hydroxyl groups excluding tert-OH is 1. The van der Waals surface area contributed by atoms with Crippen LogP contribution in [0.25, 0.3) is 0 Å². The van der Waals surface area contributed by atoms with Gasteiger partial charge in [0.1, 0.15) is 0 Å². The molecule has 3 nitrogen and oxygen atoms in total. The Morgan fingerprint density at radius 2 is 2.00 bits per heavy atom. The molecule has 0 aliphatic carbocycles. The van der Waals surface area contributed by atoms with E-state index < -0.39 is 0 Å². The zero-order valence-corrected chi connectivity index (χ0v) is 10.8. The van der Waals surface area contributed by atoms with Crippen LogP contribution >= 0.6 is 0 Å². The molecule has 1 amide bonds. The van der Waals surface area contributed by atoms with Crippen LogP contribution in [-0.4, -0.2) is 35.1 Å². The standard InChI is InChI=1S/C14H21NO2/c1-11(2)15(9-6-10-16)14(17)13-8-5-4-7-12(13)3/h4-5,7-8,11,16H,6,9-10H2,1-3H3. The first-order chi connectivity index (χ1) is 8.07. The van der Waals surface area contributed by atoms with Crippen molar-refractivity contribution in [2.45, 2.75) is 33.2 Å². The monoisotopic (exact) mass is 235 g/mol. The summed E-state index contributed by atoms with van der Waals surface area (Å²) in [4.78, 5) is 14.2. The minimum Gasteiger partial charge on any atom is -0.396 e. The van der Waals surface area contributed by atoms with Crippen LogP contribution in [0.1, 0.15) is 36.2 Å². The summed E-state index contributed by atoms with van der Waals surface area (Å²) in [6, 6.07) is 7.75. The number of aliphatic hydroxyl groups is 1. The molecule has 1 aromatic rings. The van der Waals surface area contributed by atoms with Gasteiger partial charge in [0.2, 0.25) is 0 Å². The van der Waals surface area contributed by atoms with Crippen molar-refractivity contribution in [2.75, 3.05) is 13.2 Å². The van der Waals surface area contributed by atoms with Crippen molar-refractivity contribution < 1.29 is 9.90 Å². The molecule has 1 aromatic carbocycles. The van der Waals surface area contributed by atoms with Crippen LogP contribution in [0.15, 0.2) is 24.3 Å². The molecule has 0 bridgehead atoms. The number of carbonyl (C=O) groups is 1. The van der Waals surface area contributed by atoms with Crippen molar-refractivity contribution in [1.29, 1.82) is 0 Å². The van der Waals surface area contributed by atoms with Gasteiger partial charge in [-0.1, -0.05) is 18.2 Å². The summed E-state index contributed by atoms with van der Waals surface area (Å²) >= 11 is 0. The first-order valence-electron chi connectivity index (χ1n) is 6.05. The molecule has 0 saturated carbocycles. The van der Waals surface area contributed by atoms with Crippen LogP contribution in [0.3, 0.4) is 0 Å². The second kappa shape index (κ2) is 6.40. The highest BCUT2D eigenvalue weighted by atomic mass is 16.3. The Kier molecular flexibility index (Phi) is 5.16. The zero-order chi connectivity index (χ0) is 12.8. The van der Waals surface area contributed by atoms with E-state index in [4.69, 9.17) is 5.11 Å². The van der Waals surface area contributed by atoms with E-state index in [2.05, 4.69) is 0 Å². The van der Waals surface area contributed by atoms with Crippen LogP contribution in [-0.2, 0) is 0 Å². The summed E-state index contributed by atoms with van der Waals surface area (Å²) in [7, 11) is 0.